The summed E-state index contributed by atoms with van der Waals surface area (Å²) < 4.78 is 17.9. The molecule has 15 N–H and O–H groups in total. The molecular weight excluding hydrogens is 1320 g/mol. The maximum absolute atomic E-state index is 13.4. The lowest BCUT2D eigenvalue weighted by molar-refractivity contribution is 0.0697. The van der Waals surface area contributed by atoms with Gasteiger partial charge in [0, 0.05) is 44.6 Å². The van der Waals surface area contributed by atoms with Gasteiger partial charge in [0.2, 0.25) is 35.4 Å². The normalized spacial score (nSPS) is 16.6. The Labute approximate surface area is 593 Å². The first kappa shape index (κ1) is 73.3. The average Bonchev–Trinajstić information content (AvgIpc) is 1.34. The van der Waals surface area contributed by atoms with Gasteiger partial charge in [-0.25, -0.2) is 48.8 Å². The molecule has 103 heavy (non-hydrogen) atoms. The van der Waals surface area contributed by atoms with E-state index >= 15 is 0 Å². The maximum atomic E-state index is 13.4. The molecule has 2 saturated heterocycles. The van der Waals surface area contributed by atoms with Crippen molar-refractivity contribution in [2.75, 3.05) is 26.2 Å². The summed E-state index contributed by atoms with van der Waals surface area (Å²) in [5.41, 5.74) is 15.5. The van der Waals surface area contributed by atoms with Gasteiger partial charge in [0.25, 0.3) is 0 Å². The number of rotatable bonds is 30. The highest BCUT2D eigenvalue weighted by Gasteiger charge is 2.37. The van der Waals surface area contributed by atoms with E-state index in [1.165, 1.54) is 28.0 Å². The van der Waals surface area contributed by atoms with Crippen molar-refractivity contribution >= 4 is 98.8 Å². The van der Waals surface area contributed by atoms with E-state index in [-0.39, 0.29) is 118 Å². The number of ether oxygens (including phenoxy) is 2. The van der Waals surface area contributed by atoms with Gasteiger partial charge in [-0.3, -0.25) is 20.6 Å². The summed E-state index contributed by atoms with van der Waals surface area (Å²) >= 11 is 0. The summed E-state index contributed by atoms with van der Waals surface area (Å²) in [5, 5.41) is 104. The zero-order valence-electron chi connectivity index (χ0n) is 56.4. The number of fused-ring (bicyclic) bond motifs is 2. The monoisotopic (exact) mass is 1400 g/mol. The molecular formula is C76H83N14O13+. The van der Waals surface area contributed by atoms with E-state index in [0.29, 0.717) is 47.6 Å². The first-order valence-electron chi connectivity index (χ1n) is 33.8. The quantitative estimate of drug-likeness (QED) is 0.00654. The third-order valence-electron chi connectivity index (χ3n) is 17.4. The predicted octanol–water partition coefficient (Wildman–Crippen LogP) is 12.3. The van der Waals surface area contributed by atoms with Crippen molar-refractivity contribution in [3.05, 3.63) is 210 Å². The number of nitrogens with two attached hydrogens (primary N) is 2. The number of aliphatic hydroxyl groups excluding tert-OH is 6. The molecule has 27 heteroatoms. The van der Waals surface area contributed by atoms with Gasteiger partial charge in [0.05, 0.1) is 39.8 Å². The lowest BCUT2D eigenvalue weighted by Gasteiger charge is -2.24. The molecule has 0 saturated carbocycles. The molecule has 0 bridgehead atoms. The van der Waals surface area contributed by atoms with E-state index in [1.807, 2.05) is 97.1 Å². The largest absolute Gasteiger partial charge is 0.495 e. The highest BCUT2D eigenvalue weighted by molar-refractivity contribution is 6.12. The molecule has 0 aliphatic carbocycles. The van der Waals surface area contributed by atoms with Gasteiger partial charge in [-0.15, -0.1) is 0 Å². The van der Waals surface area contributed by atoms with Crippen LogP contribution in [0.1, 0.15) is 84.0 Å². The predicted molar refractivity (Wildman–Crippen MR) is 397 cm³/mol. The van der Waals surface area contributed by atoms with E-state index in [0.717, 1.165) is 22.3 Å². The number of carboxylic acid groups (broad SMARTS) is 1. The first-order valence-corrected chi connectivity index (χ1v) is 33.8. The average molecular weight is 1400 g/mol. The van der Waals surface area contributed by atoms with Crippen molar-refractivity contribution in [1.82, 2.24) is 20.4 Å². The van der Waals surface area contributed by atoms with Crippen molar-refractivity contribution < 1.29 is 64.0 Å². The second-order valence-corrected chi connectivity index (χ2v) is 24.8. The smallest absolute Gasteiger partial charge is 0.410 e. The number of nitrogens with zero attached hydrogens (tertiary/aromatic N) is 8. The van der Waals surface area contributed by atoms with Gasteiger partial charge in [0.15, 0.2) is 11.9 Å². The van der Waals surface area contributed by atoms with E-state index in [1.54, 1.807) is 66.7 Å². The standard InChI is InChI=1S/C76H82N14O13/c77-73(78)81-37-15-29-57(85-68(93)59(41-47-19-5-1-6-20-47)87-70(95)61-31-17-39-89(61)75(99)101-45-49-23-9-3-10-24-49)66(91)83-51-33-35-55-63(43-51)103-64-44-52(34-36-56(64)65(55)53-27-13-14-28-54(53)72(97)98)84-67(92)58(30-16-38-82-74(79)80)86-69(94)60(42-48-21-7-2-8-22-48)88-71(96)62-32-18-40-90(62)76(100)102-46-50-25-11-4-12-26-50/h1-14,19-28,33-36,43-44,57-62H,15-18,29-32,37-42,45-46H2,(H14-,77,78,79,80,81,82,83,84,85,86,87,88,91,92,93,94,95,96,97,98)/p+1/t57-,58-,59-,60-,61-,62-/m0/s1. The van der Waals surface area contributed by atoms with Gasteiger partial charge in [-0.05, 0) is 110 Å². The minimum absolute atomic E-state index is 0.0123. The number of likely N-dealkylation sites (tertiary alicyclic amines) is 2. The second-order valence-electron chi connectivity index (χ2n) is 24.8. The lowest BCUT2D eigenvalue weighted by Crippen LogP contribution is -2.41. The third kappa shape index (κ3) is 20.2. The van der Waals surface area contributed by atoms with Gasteiger partial charge in [-0.1, -0.05) is 140 Å². The van der Waals surface area contributed by atoms with Crippen LogP contribution in [0.3, 0.4) is 0 Å². The topological polar surface area (TPSA) is 427 Å². The molecule has 0 radical (unpaired) electrons. The molecule has 0 spiro atoms. The molecule has 2 amide bonds. The summed E-state index contributed by atoms with van der Waals surface area (Å²) in [7, 11) is 0. The number of nitrogens with one attached hydrogen (secondary N) is 4. The third-order valence-corrected chi connectivity index (χ3v) is 17.4. The number of amides is 2. The zero-order chi connectivity index (χ0) is 72.8. The summed E-state index contributed by atoms with van der Waals surface area (Å²) in [4.78, 5) is 70.2. The number of aromatic carboxylic acids is 1. The molecule has 1 aromatic heterocycles. The number of hydrogen-bond donors (Lipinski definition) is 13. The number of guanidine groups is 2. The second kappa shape index (κ2) is 35.6. The van der Waals surface area contributed by atoms with Crippen LogP contribution in [-0.2, 0) is 35.5 Å². The summed E-state index contributed by atoms with van der Waals surface area (Å²) in [5.74, 6) is -4.95. The summed E-state index contributed by atoms with van der Waals surface area (Å²) in [6.45, 7) is 0.947. The van der Waals surface area contributed by atoms with Gasteiger partial charge < -0.3 is 67.3 Å². The van der Waals surface area contributed by atoms with Crippen LogP contribution >= 0.6 is 0 Å². The molecule has 3 heterocycles. The summed E-state index contributed by atoms with van der Waals surface area (Å²) in [6.07, 6.45) is 1.16. The molecule has 7 aromatic carbocycles. The van der Waals surface area contributed by atoms with Crippen LogP contribution in [-0.4, -0.2) is 173 Å². The van der Waals surface area contributed by atoms with Crippen molar-refractivity contribution in [3.63, 3.8) is 0 Å². The van der Waals surface area contributed by atoms with Crippen molar-refractivity contribution in [2.24, 2.45) is 41.4 Å². The Balaban J connectivity index is 0.994. The van der Waals surface area contributed by atoms with E-state index in [4.69, 9.17) is 36.2 Å². The SMILES string of the molecule is N=C(N)NCCC[C@H](N=C(O)[C@H](Cc1ccccc1)N=C(O)[C@@H]1CCCN1C(=O)OCc1ccccc1)C(O)=Nc1ccc2c(-c3ccccc3C(=O)O)c3ccc(N=C(O)[C@H](CCCNC(=N)N)N=C(O)[C@H](Cc4ccccc4)N=C(O)[C@@H]4CCCN4C(=O)OCc4ccccc4)cc3[o+]c2c1. The molecule has 27 nitrogen and oxygen atoms in total. The molecule has 2 fully saturated rings. The van der Waals surface area contributed by atoms with Crippen LogP contribution < -0.4 is 22.1 Å². The van der Waals surface area contributed by atoms with Crippen LogP contribution in [0.5, 0.6) is 0 Å². The number of carbonyl (C=O) groups is 3. The summed E-state index contributed by atoms with van der Waals surface area (Å²) in [6, 6.07) is 45.6. The molecule has 8 aromatic rings. The molecule has 0 unspecified atom stereocenters. The number of carbonyl (C=O) groups excluding carboxylic acids is 2. The Kier molecular flexibility index (Phi) is 25.3. The Morgan fingerprint density at radius 3 is 1.28 bits per heavy atom. The molecule has 6 atom stereocenters. The highest BCUT2D eigenvalue weighted by Crippen LogP contribution is 2.41. The van der Waals surface area contributed by atoms with E-state index in [2.05, 4.69) is 40.6 Å². The van der Waals surface area contributed by atoms with Crippen LogP contribution in [0.4, 0.5) is 21.0 Å². The van der Waals surface area contributed by atoms with Crippen molar-refractivity contribution in [1.29, 1.82) is 10.8 Å². The van der Waals surface area contributed by atoms with Crippen molar-refractivity contribution in [2.45, 2.75) is 114 Å². The zero-order valence-corrected chi connectivity index (χ0v) is 56.4. The van der Waals surface area contributed by atoms with Gasteiger partial charge in [0.1, 0.15) is 49.5 Å². The number of aliphatic hydroxyl groups is 6. The highest BCUT2D eigenvalue weighted by atomic mass is 16.6. The van der Waals surface area contributed by atoms with E-state index < -0.39 is 89.8 Å². The van der Waals surface area contributed by atoms with Gasteiger partial charge >= 0.3 is 29.3 Å². The van der Waals surface area contributed by atoms with Crippen LogP contribution in [0.25, 0.3) is 33.1 Å². The Hall–Kier alpha value is -12.4. The Morgan fingerprint density at radius 1 is 0.495 bits per heavy atom. The maximum Gasteiger partial charge on any atom is 0.410 e. The molecule has 2 aliphatic heterocycles. The Morgan fingerprint density at radius 2 is 0.883 bits per heavy atom. The van der Waals surface area contributed by atoms with Crippen molar-refractivity contribution in [3.8, 4) is 11.1 Å². The molecule has 2 aliphatic rings. The fourth-order valence-electron chi connectivity index (χ4n) is 12.3. The lowest BCUT2D eigenvalue weighted by atomic mass is 9.93. The minimum atomic E-state index is -1.27. The van der Waals surface area contributed by atoms with E-state index in [9.17, 15) is 50.1 Å². The fourth-order valence-corrected chi connectivity index (χ4v) is 12.3. The van der Waals surface area contributed by atoms with Crippen LogP contribution in [0, 0.1) is 10.8 Å². The number of hydrogen-bond acceptors (Lipinski definition) is 13. The number of carboxylic acids is 1. The van der Waals surface area contributed by atoms with Crippen LogP contribution in [0.15, 0.2) is 216 Å². The van der Waals surface area contributed by atoms with Gasteiger partial charge in [-0.2, -0.15) is 0 Å². The number of aliphatic imine (C=N–C) groups is 6. The van der Waals surface area contributed by atoms with Crippen LogP contribution in [0.2, 0.25) is 0 Å². The first-order chi connectivity index (χ1) is 49.8. The fraction of sp³-hybridized carbons (Fsp3) is 0.289. The molecule has 10 rings (SSSR count). The molecule has 534 valence electrons. The Bertz CT molecular complexity index is 4230. The number of benzene rings is 7. The minimum Gasteiger partial charge on any atom is -0.495 e.